The average molecular weight is 360 g/mol. The van der Waals surface area contributed by atoms with Crippen LogP contribution in [0.1, 0.15) is 49.0 Å². The van der Waals surface area contributed by atoms with Crippen molar-refractivity contribution in [3.8, 4) is 0 Å². The lowest BCUT2D eigenvalue weighted by molar-refractivity contribution is -0.111. The van der Waals surface area contributed by atoms with Crippen LogP contribution in [-0.4, -0.2) is 15.8 Å². The molecule has 2 aromatic rings. The van der Waals surface area contributed by atoms with Crippen LogP contribution in [0.4, 0.5) is 4.39 Å². The van der Waals surface area contributed by atoms with Crippen LogP contribution in [0, 0.1) is 5.82 Å². The number of halogens is 1. The molecule has 3 rings (SSSR count). The molecular weight excluding hydrogens is 339 g/mol. The molecule has 1 aromatic heterocycles. The quantitative estimate of drug-likeness (QED) is 0.429. The minimum Gasteiger partial charge on any atom is -0.314 e. The zero-order chi connectivity index (χ0) is 17.8. The highest BCUT2D eigenvalue weighted by molar-refractivity contribution is 7.98. The number of benzene rings is 1. The van der Waals surface area contributed by atoms with Gasteiger partial charge < -0.3 is 9.36 Å². The molecule has 0 N–H and O–H groups in total. The Morgan fingerprint density at radius 3 is 2.76 bits per heavy atom. The third kappa shape index (κ3) is 3.84. The van der Waals surface area contributed by atoms with Gasteiger partial charge in [-0.2, -0.15) is 4.98 Å². The van der Waals surface area contributed by atoms with Crippen molar-refractivity contribution < 1.29 is 9.18 Å². The van der Waals surface area contributed by atoms with E-state index in [9.17, 15) is 14.0 Å². The summed E-state index contributed by atoms with van der Waals surface area (Å²) in [6.07, 6.45) is 5.04. The molecule has 4 nitrogen and oxygen atoms in total. The summed E-state index contributed by atoms with van der Waals surface area (Å²) >= 11 is 1.43. The van der Waals surface area contributed by atoms with Gasteiger partial charge in [0.2, 0.25) is 0 Å². The van der Waals surface area contributed by atoms with Gasteiger partial charge in [-0.1, -0.05) is 37.2 Å². The van der Waals surface area contributed by atoms with Crippen molar-refractivity contribution in [2.75, 3.05) is 0 Å². The molecule has 1 heterocycles. The zero-order valence-electron chi connectivity index (χ0n) is 14.2. The minimum absolute atomic E-state index is 0.175. The fourth-order valence-electron chi connectivity index (χ4n) is 3.27. The maximum absolute atomic E-state index is 13.0. The summed E-state index contributed by atoms with van der Waals surface area (Å²) in [6, 6.07) is 6.00. The van der Waals surface area contributed by atoms with E-state index in [1.165, 1.54) is 23.9 Å². The molecule has 1 unspecified atom stereocenters. The number of carbonyl (C=O) groups is 1. The normalized spacial score (nSPS) is 14.3. The molecule has 1 atom stereocenters. The fraction of sp³-hybridized carbons (Fsp3) is 0.421. The van der Waals surface area contributed by atoms with Crippen LogP contribution in [0.15, 0.2) is 34.2 Å². The lowest BCUT2D eigenvalue weighted by Gasteiger charge is -2.22. The standard InChI is InChI=1S/C19H21FN2O2S/c1-2-4-15(11-23)22-17-6-3-5-16(17)18(24)21-19(22)25-12-13-7-9-14(20)10-8-13/h7-11,15H,2-6,12H2,1H3. The first-order chi connectivity index (χ1) is 12.1. The van der Waals surface area contributed by atoms with Gasteiger partial charge in [0.1, 0.15) is 12.1 Å². The maximum atomic E-state index is 13.0. The summed E-state index contributed by atoms with van der Waals surface area (Å²) in [5.74, 6) is 0.300. The van der Waals surface area contributed by atoms with Crippen LogP contribution in [0.3, 0.4) is 0 Å². The Morgan fingerprint density at radius 2 is 2.08 bits per heavy atom. The van der Waals surface area contributed by atoms with E-state index in [4.69, 9.17) is 0 Å². The highest BCUT2D eigenvalue weighted by atomic mass is 32.2. The van der Waals surface area contributed by atoms with Crippen molar-refractivity contribution in [1.82, 2.24) is 9.55 Å². The maximum Gasteiger partial charge on any atom is 0.277 e. The first kappa shape index (κ1) is 17.9. The molecule has 0 radical (unpaired) electrons. The summed E-state index contributed by atoms with van der Waals surface area (Å²) in [5, 5.41) is 0.584. The Morgan fingerprint density at radius 1 is 1.32 bits per heavy atom. The highest BCUT2D eigenvalue weighted by Crippen LogP contribution is 2.30. The Bertz CT molecular complexity index is 817. The largest absolute Gasteiger partial charge is 0.314 e. The first-order valence-corrected chi connectivity index (χ1v) is 9.59. The summed E-state index contributed by atoms with van der Waals surface area (Å²) in [5.41, 5.74) is 2.50. The van der Waals surface area contributed by atoms with Gasteiger partial charge in [0.15, 0.2) is 5.16 Å². The van der Waals surface area contributed by atoms with Crippen molar-refractivity contribution in [2.24, 2.45) is 0 Å². The molecule has 0 aliphatic heterocycles. The third-order valence-corrected chi connectivity index (χ3v) is 5.52. The second-order valence-electron chi connectivity index (χ2n) is 6.26. The van der Waals surface area contributed by atoms with Gasteiger partial charge >= 0.3 is 0 Å². The Balaban J connectivity index is 1.96. The van der Waals surface area contributed by atoms with Crippen molar-refractivity contribution in [3.63, 3.8) is 0 Å². The lowest BCUT2D eigenvalue weighted by atomic mass is 10.1. The molecule has 0 spiro atoms. The van der Waals surface area contributed by atoms with Gasteiger partial charge in [-0.3, -0.25) is 4.79 Å². The van der Waals surface area contributed by atoms with Gasteiger partial charge in [0.25, 0.3) is 5.56 Å². The van der Waals surface area contributed by atoms with E-state index in [0.29, 0.717) is 10.9 Å². The third-order valence-electron chi connectivity index (χ3n) is 4.50. The van der Waals surface area contributed by atoms with Gasteiger partial charge in [0, 0.05) is 17.0 Å². The van der Waals surface area contributed by atoms with E-state index in [0.717, 1.165) is 55.2 Å². The zero-order valence-corrected chi connectivity index (χ0v) is 15.0. The van der Waals surface area contributed by atoms with E-state index in [2.05, 4.69) is 4.98 Å². The number of nitrogens with zero attached hydrogens (tertiary/aromatic N) is 2. The van der Waals surface area contributed by atoms with E-state index in [1.807, 2.05) is 11.5 Å². The Hall–Kier alpha value is -1.95. The molecule has 25 heavy (non-hydrogen) atoms. The van der Waals surface area contributed by atoms with Crippen LogP contribution in [0.25, 0.3) is 0 Å². The lowest BCUT2D eigenvalue weighted by Crippen LogP contribution is -2.25. The number of carbonyl (C=O) groups excluding carboxylic acids is 1. The number of thioether (sulfide) groups is 1. The second kappa shape index (κ2) is 7.95. The summed E-state index contributed by atoms with van der Waals surface area (Å²) < 4.78 is 15.0. The number of hydrogen-bond donors (Lipinski definition) is 0. The topological polar surface area (TPSA) is 52.0 Å². The number of hydrogen-bond acceptors (Lipinski definition) is 4. The van der Waals surface area contributed by atoms with E-state index < -0.39 is 0 Å². The predicted octanol–water partition coefficient (Wildman–Crippen LogP) is 3.70. The minimum atomic E-state index is -0.291. The summed E-state index contributed by atoms with van der Waals surface area (Å²) in [6.45, 7) is 2.04. The molecule has 6 heteroatoms. The molecule has 1 aliphatic carbocycles. The average Bonchev–Trinajstić information content (AvgIpc) is 3.10. The molecule has 0 bridgehead atoms. The van der Waals surface area contributed by atoms with Gasteiger partial charge in [-0.05, 0) is 43.4 Å². The van der Waals surface area contributed by atoms with Crippen molar-refractivity contribution in [1.29, 1.82) is 0 Å². The summed E-state index contributed by atoms with van der Waals surface area (Å²) in [4.78, 5) is 28.3. The number of rotatable bonds is 7. The Kier molecular flexibility index (Phi) is 5.68. The van der Waals surface area contributed by atoms with Crippen LogP contribution in [-0.2, 0) is 23.4 Å². The number of aromatic nitrogens is 2. The van der Waals surface area contributed by atoms with Crippen LogP contribution >= 0.6 is 11.8 Å². The van der Waals surface area contributed by atoms with E-state index in [1.54, 1.807) is 12.1 Å². The van der Waals surface area contributed by atoms with Crippen LogP contribution in [0.2, 0.25) is 0 Å². The summed E-state index contributed by atoms with van der Waals surface area (Å²) in [7, 11) is 0. The second-order valence-corrected chi connectivity index (χ2v) is 7.20. The molecule has 0 amide bonds. The fourth-order valence-corrected chi connectivity index (χ4v) is 4.29. The van der Waals surface area contributed by atoms with E-state index in [-0.39, 0.29) is 17.4 Å². The van der Waals surface area contributed by atoms with Crippen LogP contribution in [0.5, 0.6) is 0 Å². The monoisotopic (exact) mass is 360 g/mol. The first-order valence-electron chi connectivity index (χ1n) is 8.60. The predicted molar refractivity (Wildman–Crippen MR) is 96.5 cm³/mol. The molecule has 0 saturated carbocycles. The molecule has 0 fully saturated rings. The molecule has 1 aromatic carbocycles. The molecular formula is C19H21FN2O2S. The number of fused-ring (bicyclic) bond motifs is 1. The molecule has 132 valence electrons. The van der Waals surface area contributed by atoms with Gasteiger partial charge in [-0.15, -0.1) is 0 Å². The SMILES string of the molecule is CCCC(C=O)n1c(SCc2ccc(F)cc2)nc(=O)c2c1CCC2. The van der Waals surface area contributed by atoms with Crippen molar-refractivity contribution >= 4 is 18.0 Å². The Labute approximate surface area is 150 Å². The number of aldehydes is 1. The van der Waals surface area contributed by atoms with Gasteiger partial charge in [-0.25, -0.2) is 4.39 Å². The van der Waals surface area contributed by atoms with Crippen molar-refractivity contribution in [2.45, 2.75) is 56.0 Å². The van der Waals surface area contributed by atoms with Gasteiger partial charge in [0.05, 0.1) is 6.04 Å². The van der Waals surface area contributed by atoms with E-state index >= 15 is 0 Å². The van der Waals surface area contributed by atoms with Crippen molar-refractivity contribution in [3.05, 3.63) is 57.3 Å². The molecule has 0 saturated heterocycles. The van der Waals surface area contributed by atoms with Crippen LogP contribution < -0.4 is 5.56 Å². The highest BCUT2D eigenvalue weighted by Gasteiger charge is 2.25. The molecule has 1 aliphatic rings. The smallest absolute Gasteiger partial charge is 0.277 e.